The van der Waals surface area contributed by atoms with Crippen LogP contribution in [0.15, 0.2) is 18.5 Å². The number of aromatic nitrogens is 1. The van der Waals surface area contributed by atoms with Gasteiger partial charge in [-0.25, -0.2) is 0 Å². The van der Waals surface area contributed by atoms with Gasteiger partial charge in [-0.1, -0.05) is 20.8 Å². The zero-order chi connectivity index (χ0) is 12.7. The maximum atomic E-state index is 9.27. The Bertz CT molecular complexity index is 328. The molecule has 0 unspecified atom stereocenters. The van der Waals surface area contributed by atoms with E-state index in [1.807, 2.05) is 12.3 Å². The molecule has 0 aliphatic heterocycles. The van der Waals surface area contributed by atoms with Crippen molar-refractivity contribution in [2.45, 2.75) is 33.2 Å². The van der Waals surface area contributed by atoms with E-state index in [1.54, 1.807) is 6.20 Å². The fourth-order valence-corrected chi connectivity index (χ4v) is 1.52. The SMILES string of the molecule is CCCNc1cncc(N[C@H](CO)C(C)C)c1. The monoisotopic (exact) mass is 237 g/mol. The summed E-state index contributed by atoms with van der Waals surface area (Å²) < 4.78 is 0. The topological polar surface area (TPSA) is 57.2 Å². The van der Waals surface area contributed by atoms with Gasteiger partial charge in [0, 0.05) is 6.54 Å². The summed E-state index contributed by atoms with van der Waals surface area (Å²) in [5.74, 6) is 0.382. The minimum atomic E-state index is 0.0678. The zero-order valence-electron chi connectivity index (χ0n) is 10.9. The van der Waals surface area contributed by atoms with Crippen molar-refractivity contribution in [2.24, 2.45) is 5.92 Å². The van der Waals surface area contributed by atoms with Crippen molar-refractivity contribution in [3.05, 3.63) is 18.5 Å². The summed E-state index contributed by atoms with van der Waals surface area (Å²) in [6.07, 6.45) is 4.68. The van der Waals surface area contributed by atoms with Crippen LogP contribution in [0.25, 0.3) is 0 Å². The number of nitrogens with zero attached hydrogens (tertiary/aromatic N) is 1. The van der Waals surface area contributed by atoms with E-state index in [4.69, 9.17) is 0 Å². The number of hydrogen-bond acceptors (Lipinski definition) is 4. The van der Waals surface area contributed by atoms with E-state index in [-0.39, 0.29) is 12.6 Å². The molecule has 96 valence electrons. The summed E-state index contributed by atoms with van der Waals surface area (Å²) in [5.41, 5.74) is 1.95. The molecule has 0 radical (unpaired) electrons. The Morgan fingerprint density at radius 2 is 2.00 bits per heavy atom. The van der Waals surface area contributed by atoms with Crippen LogP contribution in [-0.2, 0) is 0 Å². The number of nitrogens with one attached hydrogen (secondary N) is 2. The fraction of sp³-hybridized carbons (Fsp3) is 0.615. The molecule has 0 fully saturated rings. The molecule has 0 saturated carbocycles. The lowest BCUT2D eigenvalue weighted by atomic mass is 10.1. The van der Waals surface area contributed by atoms with Crippen LogP contribution in [0.2, 0.25) is 0 Å². The Morgan fingerprint density at radius 1 is 1.29 bits per heavy atom. The molecule has 0 aromatic carbocycles. The van der Waals surface area contributed by atoms with Crippen LogP contribution in [0.3, 0.4) is 0 Å². The summed E-state index contributed by atoms with van der Waals surface area (Å²) in [5, 5.41) is 15.9. The highest BCUT2D eigenvalue weighted by atomic mass is 16.3. The molecule has 0 saturated heterocycles. The van der Waals surface area contributed by atoms with Gasteiger partial charge >= 0.3 is 0 Å². The third-order valence-electron chi connectivity index (χ3n) is 2.67. The van der Waals surface area contributed by atoms with Crippen LogP contribution >= 0.6 is 0 Å². The lowest BCUT2D eigenvalue weighted by Gasteiger charge is -2.21. The summed E-state index contributed by atoms with van der Waals surface area (Å²) in [4.78, 5) is 4.18. The smallest absolute Gasteiger partial charge is 0.0635 e. The number of hydrogen-bond donors (Lipinski definition) is 3. The molecule has 0 amide bonds. The molecule has 3 N–H and O–H groups in total. The molecular weight excluding hydrogens is 214 g/mol. The molecule has 0 spiro atoms. The second-order valence-electron chi connectivity index (χ2n) is 4.57. The molecule has 1 rings (SSSR count). The van der Waals surface area contributed by atoms with Gasteiger partial charge in [0.25, 0.3) is 0 Å². The first-order valence-corrected chi connectivity index (χ1v) is 6.23. The van der Waals surface area contributed by atoms with Gasteiger partial charge < -0.3 is 15.7 Å². The molecule has 17 heavy (non-hydrogen) atoms. The quantitative estimate of drug-likeness (QED) is 0.681. The molecule has 1 aromatic heterocycles. The van der Waals surface area contributed by atoms with E-state index in [0.29, 0.717) is 5.92 Å². The van der Waals surface area contributed by atoms with Crippen molar-refractivity contribution in [1.29, 1.82) is 0 Å². The third-order valence-corrected chi connectivity index (χ3v) is 2.67. The predicted octanol–water partition coefficient (Wildman–Crippen LogP) is 2.33. The van der Waals surface area contributed by atoms with Gasteiger partial charge in [-0.3, -0.25) is 4.98 Å². The van der Waals surface area contributed by atoms with Crippen LogP contribution in [0.1, 0.15) is 27.2 Å². The molecule has 0 bridgehead atoms. The van der Waals surface area contributed by atoms with Crippen molar-refractivity contribution in [1.82, 2.24) is 4.98 Å². The average molecular weight is 237 g/mol. The largest absolute Gasteiger partial charge is 0.394 e. The van der Waals surface area contributed by atoms with E-state index in [0.717, 1.165) is 24.3 Å². The van der Waals surface area contributed by atoms with Crippen molar-refractivity contribution in [3.8, 4) is 0 Å². The molecule has 4 heteroatoms. The lowest BCUT2D eigenvalue weighted by Crippen LogP contribution is -2.29. The van der Waals surface area contributed by atoms with Crippen molar-refractivity contribution < 1.29 is 5.11 Å². The Hall–Kier alpha value is -1.29. The van der Waals surface area contributed by atoms with Crippen molar-refractivity contribution in [2.75, 3.05) is 23.8 Å². The number of aliphatic hydroxyl groups is 1. The van der Waals surface area contributed by atoms with Crippen LogP contribution < -0.4 is 10.6 Å². The van der Waals surface area contributed by atoms with Crippen LogP contribution in [0.4, 0.5) is 11.4 Å². The predicted molar refractivity (Wildman–Crippen MR) is 72.4 cm³/mol. The lowest BCUT2D eigenvalue weighted by molar-refractivity contribution is 0.249. The Kier molecular flexibility index (Phi) is 5.77. The maximum Gasteiger partial charge on any atom is 0.0635 e. The van der Waals surface area contributed by atoms with E-state index in [9.17, 15) is 5.11 Å². The Labute approximate surface area is 103 Å². The molecule has 0 aliphatic carbocycles. The molecule has 1 heterocycles. The Morgan fingerprint density at radius 3 is 2.59 bits per heavy atom. The van der Waals surface area contributed by atoms with E-state index >= 15 is 0 Å². The fourth-order valence-electron chi connectivity index (χ4n) is 1.52. The van der Waals surface area contributed by atoms with E-state index < -0.39 is 0 Å². The molecule has 0 aliphatic rings. The van der Waals surface area contributed by atoms with Gasteiger partial charge in [0.1, 0.15) is 0 Å². The highest BCUT2D eigenvalue weighted by Gasteiger charge is 2.11. The minimum Gasteiger partial charge on any atom is -0.394 e. The van der Waals surface area contributed by atoms with Crippen molar-refractivity contribution in [3.63, 3.8) is 0 Å². The van der Waals surface area contributed by atoms with Gasteiger partial charge in [0.2, 0.25) is 0 Å². The highest BCUT2D eigenvalue weighted by Crippen LogP contribution is 2.16. The summed E-state index contributed by atoms with van der Waals surface area (Å²) in [6, 6.07) is 2.09. The Balaban J connectivity index is 2.64. The second-order valence-corrected chi connectivity index (χ2v) is 4.57. The number of pyridine rings is 1. The van der Waals surface area contributed by atoms with Gasteiger partial charge in [0.05, 0.1) is 36.4 Å². The minimum absolute atomic E-state index is 0.0678. The van der Waals surface area contributed by atoms with Crippen molar-refractivity contribution >= 4 is 11.4 Å². The van der Waals surface area contributed by atoms with Gasteiger partial charge in [-0.15, -0.1) is 0 Å². The highest BCUT2D eigenvalue weighted by molar-refractivity contribution is 5.54. The maximum absolute atomic E-state index is 9.27. The van der Waals surface area contributed by atoms with Gasteiger partial charge in [0.15, 0.2) is 0 Å². The average Bonchev–Trinajstić information content (AvgIpc) is 2.33. The van der Waals surface area contributed by atoms with Crippen LogP contribution in [0, 0.1) is 5.92 Å². The molecule has 4 nitrogen and oxygen atoms in total. The number of anilines is 2. The standard InChI is InChI=1S/C13H23N3O/c1-4-5-15-11-6-12(8-14-7-11)16-13(9-17)10(2)3/h6-8,10,13,15-17H,4-5,9H2,1-3H3/t13-/m1/s1. The van der Waals surface area contributed by atoms with Crippen LogP contribution in [-0.4, -0.2) is 29.3 Å². The normalized spacial score (nSPS) is 12.5. The molecular formula is C13H23N3O. The first-order chi connectivity index (χ1) is 8.17. The number of rotatable bonds is 7. The number of aliphatic hydroxyl groups excluding tert-OH is 1. The van der Waals surface area contributed by atoms with Crippen LogP contribution in [0.5, 0.6) is 0 Å². The van der Waals surface area contributed by atoms with Gasteiger partial charge in [-0.2, -0.15) is 0 Å². The second kappa shape index (κ2) is 7.12. The summed E-state index contributed by atoms with van der Waals surface area (Å²) in [6.45, 7) is 7.37. The molecule has 1 atom stereocenters. The van der Waals surface area contributed by atoms with Gasteiger partial charge in [-0.05, 0) is 18.4 Å². The third kappa shape index (κ3) is 4.61. The van der Waals surface area contributed by atoms with E-state index in [2.05, 4.69) is 36.4 Å². The first-order valence-electron chi connectivity index (χ1n) is 6.23. The summed E-state index contributed by atoms with van der Waals surface area (Å²) >= 11 is 0. The zero-order valence-corrected chi connectivity index (χ0v) is 10.9. The molecule has 1 aromatic rings. The van der Waals surface area contributed by atoms with E-state index in [1.165, 1.54) is 0 Å². The summed E-state index contributed by atoms with van der Waals surface area (Å²) in [7, 11) is 0. The first kappa shape index (κ1) is 13.8.